The van der Waals surface area contributed by atoms with Crippen molar-refractivity contribution in [2.45, 2.75) is 26.9 Å². The first kappa shape index (κ1) is 21.2. The van der Waals surface area contributed by atoms with Gasteiger partial charge in [0.15, 0.2) is 11.6 Å². The highest BCUT2D eigenvalue weighted by Gasteiger charge is 2.18. The Kier molecular flexibility index (Phi) is 5.24. The van der Waals surface area contributed by atoms with Crippen LogP contribution in [0.4, 0.5) is 11.5 Å². The van der Waals surface area contributed by atoms with Crippen LogP contribution >= 0.6 is 0 Å². The highest BCUT2D eigenvalue weighted by molar-refractivity contribution is 5.82. The lowest BCUT2D eigenvalue weighted by Crippen LogP contribution is -2.10. The van der Waals surface area contributed by atoms with E-state index in [1.165, 1.54) is 6.20 Å². The van der Waals surface area contributed by atoms with Crippen molar-refractivity contribution < 1.29 is 5.11 Å². The number of nitriles is 1. The molecule has 4 aromatic heterocycles. The number of fused-ring (bicyclic) bond motifs is 1. The molecule has 1 atom stereocenters. The molecular formula is C24H21N9O. The number of benzene rings is 1. The third-order valence-electron chi connectivity index (χ3n) is 5.54. The van der Waals surface area contributed by atoms with Crippen LogP contribution in [-0.2, 0) is 0 Å². The zero-order chi connectivity index (χ0) is 23.8. The Hall–Kier alpha value is -4.62. The summed E-state index contributed by atoms with van der Waals surface area (Å²) in [5.74, 6) is 1.69. The Balaban J connectivity index is 1.60. The first-order chi connectivity index (χ1) is 16.4. The average Bonchev–Trinajstić information content (AvgIpc) is 3.43. The zero-order valence-corrected chi connectivity index (χ0v) is 18.8. The lowest BCUT2D eigenvalue weighted by molar-refractivity contribution is 0.198. The van der Waals surface area contributed by atoms with Crippen LogP contribution in [0.25, 0.3) is 22.7 Å². The molecule has 0 radical (unpaired) electrons. The molecule has 10 heteroatoms. The lowest BCUT2D eigenvalue weighted by atomic mass is 10.1. The summed E-state index contributed by atoms with van der Waals surface area (Å²) in [5, 5.41) is 35.5. The van der Waals surface area contributed by atoms with Gasteiger partial charge in [0.05, 0.1) is 40.3 Å². The summed E-state index contributed by atoms with van der Waals surface area (Å²) < 4.78 is 3.44. The number of nitrogens with zero attached hydrogens (tertiary/aromatic N) is 8. The van der Waals surface area contributed by atoms with Crippen molar-refractivity contribution in [3.05, 3.63) is 77.5 Å². The number of pyridine rings is 1. The summed E-state index contributed by atoms with van der Waals surface area (Å²) in [7, 11) is 0. The summed E-state index contributed by atoms with van der Waals surface area (Å²) in [6.45, 7) is 5.35. The number of aromatic nitrogens is 7. The van der Waals surface area contributed by atoms with Gasteiger partial charge in [-0.2, -0.15) is 15.5 Å². The van der Waals surface area contributed by atoms with Crippen molar-refractivity contribution in [3.8, 4) is 17.7 Å². The number of rotatable bonds is 5. The molecule has 0 spiro atoms. The molecule has 0 fully saturated rings. The molecule has 168 valence electrons. The number of aliphatic hydroxyl groups excluding tert-OH is 1. The summed E-state index contributed by atoms with van der Waals surface area (Å²) in [6, 6.07) is 15.3. The van der Waals surface area contributed by atoms with E-state index in [-0.39, 0.29) is 0 Å². The molecule has 2 N–H and O–H groups in total. The number of imidazole rings is 1. The molecule has 0 aliphatic rings. The average molecular weight is 451 g/mol. The van der Waals surface area contributed by atoms with Crippen LogP contribution in [0.15, 0.2) is 55.0 Å². The second-order valence-corrected chi connectivity index (χ2v) is 7.93. The molecule has 0 saturated heterocycles. The van der Waals surface area contributed by atoms with E-state index in [9.17, 15) is 10.4 Å². The van der Waals surface area contributed by atoms with E-state index in [2.05, 4.69) is 31.7 Å². The smallest absolute Gasteiger partial charge is 0.161 e. The van der Waals surface area contributed by atoms with Gasteiger partial charge in [0.1, 0.15) is 18.2 Å². The summed E-state index contributed by atoms with van der Waals surface area (Å²) in [4.78, 5) is 9.30. The minimum Gasteiger partial charge on any atom is -0.389 e. The molecule has 1 aromatic carbocycles. The van der Waals surface area contributed by atoms with Crippen molar-refractivity contribution in [2.24, 2.45) is 0 Å². The van der Waals surface area contributed by atoms with E-state index < -0.39 is 6.10 Å². The van der Waals surface area contributed by atoms with Crippen LogP contribution in [0.2, 0.25) is 0 Å². The molecule has 0 aliphatic carbocycles. The fourth-order valence-electron chi connectivity index (χ4n) is 3.69. The molecule has 5 rings (SSSR count). The fraction of sp³-hybridized carbons (Fsp3) is 0.167. The lowest BCUT2D eigenvalue weighted by Gasteiger charge is -2.15. The maximum atomic E-state index is 10.3. The zero-order valence-electron chi connectivity index (χ0n) is 18.8. The quantitative estimate of drug-likeness (QED) is 0.414. The SMILES string of the molecule is Cc1ccc(Nc2ccc3ncn(-c4ccc(C(C)O)c(-n5ncc(C#N)c5C)n4)c3c2)nn1. The van der Waals surface area contributed by atoms with Crippen molar-refractivity contribution in [1.29, 1.82) is 5.26 Å². The van der Waals surface area contributed by atoms with Gasteiger partial charge in [-0.3, -0.25) is 4.57 Å². The highest BCUT2D eigenvalue weighted by atomic mass is 16.3. The first-order valence-electron chi connectivity index (χ1n) is 10.6. The molecule has 1 unspecified atom stereocenters. The Morgan fingerprint density at radius 2 is 1.94 bits per heavy atom. The van der Waals surface area contributed by atoms with Gasteiger partial charge in [-0.25, -0.2) is 14.6 Å². The highest BCUT2D eigenvalue weighted by Crippen LogP contribution is 2.27. The standard InChI is InChI=1S/C24H21N9O/c1-14-4-8-22(31-30-14)28-18-5-7-20-21(10-18)32(13-26-20)23-9-6-19(16(3)34)24(29-23)33-15(2)17(11-25)12-27-33/h4-10,12-13,16,34H,1-3H3,(H,28,31). The van der Waals surface area contributed by atoms with E-state index in [4.69, 9.17) is 4.98 Å². The van der Waals surface area contributed by atoms with Gasteiger partial charge in [-0.15, -0.1) is 5.10 Å². The number of hydrogen-bond acceptors (Lipinski definition) is 8. The summed E-state index contributed by atoms with van der Waals surface area (Å²) in [6.07, 6.45) is 2.43. The van der Waals surface area contributed by atoms with Crippen LogP contribution in [0.5, 0.6) is 0 Å². The van der Waals surface area contributed by atoms with Crippen molar-refractivity contribution in [2.75, 3.05) is 5.32 Å². The molecule has 5 aromatic rings. The Bertz CT molecular complexity index is 1540. The normalized spacial score (nSPS) is 12.0. The molecule has 34 heavy (non-hydrogen) atoms. The number of anilines is 2. The Morgan fingerprint density at radius 3 is 2.65 bits per heavy atom. The molecule has 0 amide bonds. The number of nitrogens with one attached hydrogen (secondary N) is 1. The predicted octanol–water partition coefficient (Wildman–Crippen LogP) is 3.68. The molecule has 0 aliphatic heterocycles. The van der Waals surface area contributed by atoms with E-state index in [1.54, 1.807) is 24.9 Å². The van der Waals surface area contributed by atoms with E-state index in [0.29, 0.717) is 34.3 Å². The second-order valence-electron chi connectivity index (χ2n) is 7.93. The predicted molar refractivity (Wildman–Crippen MR) is 126 cm³/mol. The van der Waals surface area contributed by atoms with Crippen LogP contribution in [0.1, 0.15) is 35.5 Å². The van der Waals surface area contributed by atoms with Gasteiger partial charge in [-0.1, -0.05) is 0 Å². The van der Waals surface area contributed by atoms with Crippen LogP contribution in [-0.4, -0.2) is 39.6 Å². The van der Waals surface area contributed by atoms with Gasteiger partial charge >= 0.3 is 0 Å². The third-order valence-corrected chi connectivity index (χ3v) is 5.54. The fourth-order valence-corrected chi connectivity index (χ4v) is 3.69. The first-order valence-corrected chi connectivity index (χ1v) is 10.6. The topological polar surface area (TPSA) is 130 Å². The second kappa shape index (κ2) is 8.38. The minimum absolute atomic E-state index is 0.451. The number of aliphatic hydroxyl groups is 1. The van der Waals surface area contributed by atoms with Gasteiger partial charge in [0, 0.05) is 11.3 Å². The van der Waals surface area contributed by atoms with Gasteiger partial charge in [0.25, 0.3) is 0 Å². The van der Waals surface area contributed by atoms with Gasteiger partial charge in [-0.05, 0) is 63.2 Å². The van der Waals surface area contributed by atoms with E-state index >= 15 is 0 Å². The van der Waals surface area contributed by atoms with Crippen LogP contribution in [0, 0.1) is 25.2 Å². The molecule has 4 heterocycles. The Morgan fingerprint density at radius 1 is 1.09 bits per heavy atom. The van der Waals surface area contributed by atoms with Gasteiger partial charge in [0.2, 0.25) is 0 Å². The minimum atomic E-state index is -0.767. The summed E-state index contributed by atoms with van der Waals surface area (Å²) in [5.41, 5.74) is 5.01. The van der Waals surface area contributed by atoms with Crippen molar-refractivity contribution in [3.63, 3.8) is 0 Å². The van der Waals surface area contributed by atoms with Crippen molar-refractivity contribution >= 4 is 22.5 Å². The van der Waals surface area contributed by atoms with E-state index in [1.807, 2.05) is 54.0 Å². The third kappa shape index (κ3) is 3.74. The molecule has 0 bridgehead atoms. The maximum Gasteiger partial charge on any atom is 0.161 e. The number of aryl methyl sites for hydroxylation is 1. The molecule has 10 nitrogen and oxygen atoms in total. The van der Waals surface area contributed by atoms with Crippen LogP contribution in [0.3, 0.4) is 0 Å². The van der Waals surface area contributed by atoms with E-state index in [0.717, 1.165) is 22.4 Å². The number of hydrogen-bond donors (Lipinski definition) is 2. The van der Waals surface area contributed by atoms with Gasteiger partial charge < -0.3 is 10.4 Å². The monoisotopic (exact) mass is 451 g/mol. The Labute approximate surface area is 195 Å². The largest absolute Gasteiger partial charge is 0.389 e. The molecule has 0 saturated carbocycles. The summed E-state index contributed by atoms with van der Waals surface area (Å²) >= 11 is 0. The molecular weight excluding hydrogens is 430 g/mol. The van der Waals surface area contributed by atoms with Crippen molar-refractivity contribution in [1.82, 2.24) is 34.5 Å². The maximum absolute atomic E-state index is 10.3. The van der Waals surface area contributed by atoms with Crippen LogP contribution < -0.4 is 5.32 Å².